The topological polar surface area (TPSA) is 49.8 Å². The second-order valence-corrected chi connectivity index (χ2v) is 5.67. The molecular formula is C13H25NO3. The van der Waals surface area contributed by atoms with E-state index in [2.05, 4.69) is 4.90 Å². The van der Waals surface area contributed by atoms with E-state index in [9.17, 15) is 9.90 Å². The van der Waals surface area contributed by atoms with E-state index in [0.717, 1.165) is 32.5 Å². The van der Waals surface area contributed by atoms with Crippen molar-refractivity contribution < 1.29 is 14.6 Å². The molecule has 1 fully saturated rings. The summed E-state index contributed by atoms with van der Waals surface area (Å²) in [6.07, 6.45) is 2.30. The van der Waals surface area contributed by atoms with Crippen molar-refractivity contribution in [1.29, 1.82) is 0 Å². The van der Waals surface area contributed by atoms with Crippen LogP contribution in [0.3, 0.4) is 0 Å². The summed E-state index contributed by atoms with van der Waals surface area (Å²) in [5.41, 5.74) is -0.630. The van der Waals surface area contributed by atoms with Crippen molar-refractivity contribution in [2.45, 2.75) is 39.7 Å². The second kappa shape index (κ2) is 5.83. The number of rotatable bonds is 5. The lowest BCUT2D eigenvalue weighted by atomic mass is 9.74. The van der Waals surface area contributed by atoms with Crippen molar-refractivity contribution in [2.24, 2.45) is 11.3 Å². The van der Waals surface area contributed by atoms with E-state index in [1.54, 1.807) is 7.11 Å². The van der Waals surface area contributed by atoms with E-state index in [-0.39, 0.29) is 12.0 Å². The maximum Gasteiger partial charge on any atom is 0.309 e. The maximum atomic E-state index is 11.3. The third kappa shape index (κ3) is 3.68. The van der Waals surface area contributed by atoms with Gasteiger partial charge in [0.15, 0.2) is 0 Å². The van der Waals surface area contributed by atoms with Crippen LogP contribution in [0.2, 0.25) is 0 Å². The molecule has 0 saturated carbocycles. The van der Waals surface area contributed by atoms with E-state index >= 15 is 0 Å². The molecule has 1 N–H and O–H groups in total. The van der Waals surface area contributed by atoms with Crippen molar-refractivity contribution in [2.75, 3.05) is 26.7 Å². The Morgan fingerprint density at radius 1 is 1.59 bits per heavy atom. The Balaban J connectivity index is 2.57. The monoisotopic (exact) mass is 243 g/mol. The Bertz CT molecular complexity index is 265. The molecule has 1 rings (SSSR count). The predicted octanol–water partition coefficient (Wildman–Crippen LogP) is 1.84. The summed E-state index contributed by atoms with van der Waals surface area (Å²) in [6, 6.07) is 0. The van der Waals surface area contributed by atoms with Crippen LogP contribution in [0.25, 0.3) is 0 Å². The van der Waals surface area contributed by atoms with Gasteiger partial charge in [0.25, 0.3) is 0 Å². The largest absolute Gasteiger partial charge is 0.481 e. The van der Waals surface area contributed by atoms with Gasteiger partial charge in [-0.05, 0) is 46.1 Å². The van der Waals surface area contributed by atoms with Gasteiger partial charge >= 0.3 is 5.97 Å². The second-order valence-electron chi connectivity index (χ2n) is 5.67. The van der Waals surface area contributed by atoms with Gasteiger partial charge in [0.1, 0.15) is 0 Å². The zero-order valence-corrected chi connectivity index (χ0v) is 11.4. The minimum absolute atomic E-state index is 0.210. The first-order valence-electron chi connectivity index (χ1n) is 6.36. The zero-order valence-electron chi connectivity index (χ0n) is 11.4. The summed E-state index contributed by atoms with van der Waals surface area (Å²) < 4.78 is 5.26. The fourth-order valence-electron chi connectivity index (χ4n) is 2.42. The van der Waals surface area contributed by atoms with E-state index in [1.165, 1.54) is 0 Å². The lowest BCUT2D eigenvalue weighted by molar-refractivity contribution is -0.151. The molecule has 0 aromatic rings. The number of piperidine rings is 1. The molecule has 100 valence electrons. The average molecular weight is 243 g/mol. The highest BCUT2D eigenvalue weighted by Crippen LogP contribution is 2.34. The zero-order chi connectivity index (χ0) is 13.1. The summed E-state index contributed by atoms with van der Waals surface area (Å²) in [6.45, 7) is 8.54. The minimum atomic E-state index is -0.691. The molecule has 0 amide bonds. The molecule has 2 atom stereocenters. The third-order valence-electron chi connectivity index (χ3n) is 4.00. The normalized spacial score (nSPS) is 24.6. The van der Waals surface area contributed by atoms with Gasteiger partial charge in [0.2, 0.25) is 0 Å². The van der Waals surface area contributed by atoms with Crippen molar-refractivity contribution in [3.63, 3.8) is 0 Å². The molecule has 1 heterocycles. The Morgan fingerprint density at radius 3 is 2.76 bits per heavy atom. The number of carboxylic acids is 1. The van der Waals surface area contributed by atoms with Gasteiger partial charge in [-0.2, -0.15) is 0 Å². The van der Waals surface area contributed by atoms with Crippen molar-refractivity contribution >= 4 is 5.97 Å². The molecule has 0 aromatic heterocycles. The molecule has 0 radical (unpaired) electrons. The molecule has 1 aliphatic heterocycles. The van der Waals surface area contributed by atoms with Gasteiger partial charge in [0.05, 0.1) is 11.5 Å². The molecular weight excluding hydrogens is 218 g/mol. The van der Waals surface area contributed by atoms with Gasteiger partial charge in [-0.3, -0.25) is 4.79 Å². The van der Waals surface area contributed by atoms with Gasteiger partial charge < -0.3 is 14.7 Å². The van der Waals surface area contributed by atoms with E-state index in [4.69, 9.17) is 4.74 Å². The van der Waals surface area contributed by atoms with E-state index in [0.29, 0.717) is 0 Å². The smallest absolute Gasteiger partial charge is 0.309 e. The first kappa shape index (κ1) is 14.5. The average Bonchev–Trinajstić information content (AvgIpc) is 2.29. The quantitative estimate of drug-likeness (QED) is 0.800. The third-order valence-corrected chi connectivity index (χ3v) is 4.00. The molecule has 1 aliphatic rings. The van der Waals surface area contributed by atoms with Gasteiger partial charge in [-0.25, -0.2) is 0 Å². The first-order valence-corrected chi connectivity index (χ1v) is 6.36. The number of ether oxygens (including phenoxy) is 1. The summed E-state index contributed by atoms with van der Waals surface area (Å²) in [4.78, 5) is 13.6. The predicted molar refractivity (Wildman–Crippen MR) is 67.1 cm³/mol. The van der Waals surface area contributed by atoms with E-state index in [1.807, 2.05) is 20.8 Å². The summed E-state index contributed by atoms with van der Waals surface area (Å²) in [5.74, 6) is -0.457. The molecule has 2 unspecified atom stereocenters. The van der Waals surface area contributed by atoms with E-state index < -0.39 is 11.4 Å². The Labute approximate surface area is 104 Å². The number of methoxy groups -OCH3 is 1. The molecule has 4 nitrogen and oxygen atoms in total. The fraction of sp³-hybridized carbons (Fsp3) is 0.923. The van der Waals surface area contributed by atoms with Crippen molar-refractivity contribution in [3.8, 4) is 0 Å². The van der Waals surface area contributed by atoms with Crippen molar-refractivity contribution in [1.82, 2.24) is 4.90 Å². The van der Waals surface area contributed by atoms with Crippen LogP contribution in [-0.4, -0.2) is 48.8 Å². The summed E-state index contributed by atoms with van der Waals surface area (Å²) in [7, 11) is 1.72. The Kier molecular flexibility index (Phi) is 4.95. The first-order chi connectivity index (χ1) is 7.87. The molecule has 0 aliphatic carbocycles. The highest BCUT2D eigenvalue weighted by Gasteiger charge is 2.39. The van der Waals surface area contributed by atoms with Gasteiger partial charge in [-0.15, -0.1) is 0 Å². The molecule has 0 bridgehead atoms. The number of hydrogen-bond donors (Lipinski definition) is 1. The number of aliphatic carboxylic acids is 1. The fourth-order valence-corrected chi connectivity index (χ4v) is 2.42. The molecule has 0 spiro atoms. The Morgan fingerprint density at radius 2 is 2.24 bits per heavy atom. The van der Waals surface area contributed by atoms with Crippen LogP contribution in [0, 0.1) is 11.3 Å². The van der Waals surface area contributed by atoms with Crippen LogP contribution in [0.4, 0.5) is 0 Å². The number of carboxylic acid groups (broad SMARTS) is 1. The van der Waals surface area contributed by atoms with Crippen LogP contribution in [0.1, 0.15) is 33.6 Å². The maximum absolute atomic E-state index is 11.3. The minimum Gasteiger partial charge on any atom is -0.481 e. The molecule has 0 aromatic carbocycles. The highest BCUT2D eigenvalue weighted by molar-refractivity contribution is 5.74. The molecule has 17 heavy (non-hydrogen) atoms. The van der Waals surface area contributed by atoms with Crippen LogP contribution in [0.15, 0.2) is 0 Å². The highest BCUT2D eigenvalue weighted by atomic mass is 16.5. The summed E-state index contributed by atoms with van der Waals surface area (Å²) >= 11 is 0. The van der Waals surface area contributed by atoms with Crippen molar-refractivity contribution in [3.05, 3.63) is 0 Å². The number of likely N-dealkylation sites (tertiary alicyclic amines) is 1. The van der Waals surface area contributed by atoms with Crippen LogP contribution in [-0.2, 0) is 9.53 Å². The SMILES string of the molecule is COC(C)CN1CCCC(C(C)(C)C(=O)O)C1. The number of hydrogen-bond acceptors (Lipinski definition) is 3. The Hall–Kier alpha value is -0.610. The van der Waals surface area contributed by atoms with Gasteiger partial charge in [-0.1, -0.05) is 0 Å². The lowest BCUT2D eigenvalue weighted by Gasteiger charge is -2.39. The molecule has 4 heteroatoms. The standard InChI is InChI=1S/C13H25NO3/c1-10(17-4)8-14-7-5-6-11(9-14)13(2,3)12(15)16/h10-11H,5-9H2,1-4H3,(H,15,16). The number of nitrogens with zero attached hydrogens (tertiary/aromatic N) is 1. The van der Waals surface area contributed by atoms with Crippen LogP contribution in [0.5, 0.6) is 0 Å². The summed E-state index contributed by atoms with van der Waals surface area (Å²) in [5, 5.41) is 9.26. The van der Waals surface area contributed by atoms with Crippen LogP contribution >= 0.6 is 0 Å². The molecule has 1 saturated heterocycles. The van der Waals surface area contributed by atoms with Gasteiger partial charge in [0, 0.05) is 20.2 Å². The van der Waals surface area contributed by atoms with Crippen LogP contribution < -0.4 is 0 Å². The lowest BCUT2D eigenvalue weighted by Crippen LogP contribution is -2.46. The number of carbonyl (C=O) groups is 1.